The lowest BCUT2D eigenvalue weighted by Gasteiger charge is -2.16. The lowest BCUT2D eigenvalue weighted by atomic mass is 10.0. The van der Waals surface area contributed by atoms with E-state index in [2.05, 4.69) is 61.7 Å². The average Bonchev–Trinajstić information content (AvgIpc) is 2.77. The summed E-state index contributed by atoms with van der Waals surface area (Å²) in [5.74, 6) is 0.587. The summed E-state index contributed by atoms with van der Waals surface area (Å²) < 4.78 is 0. The summed E-state index contributed by atoms with van der Waals surface area (Å²) in [6.45, 7) is 6.20. The van der Waals surface area contributed by atoms with E-state index in [0.29, 0.717) is 11.4 Å². The number of nitrogens with one attached hydrogen (secondary N) is 2. The van der Waals surface area contributed by atoms with Crippen molar-refractivity contribution in [3.63, 3.8) is 0 Å². The number of nitrogens with zero attached hydrogens (tertiary/aromatic N) is 1. The van der Waals surface area contributed by atoms with Gasteiger partial charge in [0.1, 0.15) is 5.82 Å². The zero-order valence-corrected chi connectivity index (χ0v) is 18.9. The number of aryl methyl sites for hydroxylation is 3. The molecule has 162 valence electrons. The molecule has 0 radical (unpaired) electrons. The van der Waals surface area contributed by atoms with Crippen molar-refractivity contribution in [3.8, 4) is 0 Å². The second-order valence-corrected chi connectivity index (χ2v) is 8.47. The molecule has 3 aromatic carbocycles. The molecule has 32 heavy (non-hydrogen) atoms. The summed E-state index contributed by atoms with van der Waals surface area (Å²) in [7, 11) is 0. The third kappa shape index (κ3) is 5.33. The first-order valence-corrected chi connectivity index (χ1v) is 11.1. The number of carbonyl (C=O) groups excluding carboxylic acids is 1. The number of pyridine rings is 1. The Bertz CT molecular complexity index is 1210. The molecule has 4 heteroatoms. The standard InChI is InChI=1S/C28H29N3O/c1-19-15-20(2)17-23(16-19)30-27-18-25(24-11-7-8-12-26(24)31-27)28(32)29-21(3)13-14-22-9-5-4-6-10-22/h4-12,15-18,21H,13-14H2,1-3H3,(H,29,32)(H,30,31). The fourth-order valence-electron chi connectivity index (χ4n) is 4.02. The molecule has 4 nitrogen and oxygen atoms in total. The van der Waals surface area contributed by atoms with Gasteiger partial charge in [-0.3, -0.25) is 4.79 Å². The van der Waals surface area contributed by atoms with Crippen LogP contribution in [-0.2, 0) is 6.42 Å². The van der Waals surface area contributed by atoms with E-state index in [1.165, 1.54) is 16.7 Å². The van der Waals surface area contributed by atoms with E-state index in [4.69, 9.17) is 4.98 Å². The molecular weight excluding hydrogens is 394 g/mol. The fourth-order valence-corrected chi connectivity index (χ4v) is 4.02. The summed E-state index contributed by atoms with van der Waals surface area (Å²) in [5, 5.41) is 7.41. The maximum atomic E-state index is 13.2. The van der Waals surface area contributed by atoms with Crippen LogP contribution in [0.1, 0.15) is 40.4 Å². The van der Waals surface area contributed by atoms with E-state index >= 15 is 0 Å². The zero-order chi connectivity index (χ0) is 22.5. The van der Waals surface area contributed by atoms with Crippen LogP contribution in [0.4, 0.5) is 11.5 Å². The molecule has 0 aliphatic heterocycles. The van der Waals surface area contributed by atoms with Gasteiger partial charge >= 0.3 is 0 Å². The molecule has 1 atom stereocenters. The van der Waals surface area contributed by atoms with Crippen LogP contribution in [0.2, 0.25) is 0 Å². The highest BCUT2D eigenvalue weighted by atomic mass is 16.1. The van der Waals surface area contributed by atoms with Crippen LogP contribution in [0, 0.1) is 13.8 Å². The number of benzene rings is 3. The van der Waals surface area contributed by atoms with Crippen LogP contribution in [0.15, 0.2) is 78.9 Å². The number of anilines is 2. The minimum Gasteiger partial charge on any atom is -0.350 e. The predicted molar refractivity (Wildman–Crippen MR) is 133 cm³/mol. The van der Waals surface area contributed by atoms with Gasteiger partial charge in [-0.25, -0.2) is 4.98 Å². The van der Waals surface area contributed by atoms with E-state index in [1.54, 1.807) is 0 Å². The number of hydrogen-bond acceptors (Lipinski definition) is 3. The smallest absolute Gasteiger partial charge is 0.252 e. The molecule has 2 N–H and O–H groups in total. The van der Waals surface area contributed by atoms with Crippen molar-refractivity contribution in [2.24, 2.45) is 0 Å². The first-order valence-electron chi connectivity index (χ1n) is 11.1. The predicted octanol–water partition coefficient (Wildman–Crippen LogP) is 6.35. The first-order chi connectivity index (χ1) is 15.5. The average molecular weight is 424 g/mol. The monoisotopic (exact) mass is 423 g/mol. The van der Waals surface area contributed by atoms with Gasteiger partial charge in [0.05, 0.1) is 11.1 Å². The minimum absolute atomic E-state index is 0.0606. The molecule has 0 saturated heterocycles. The third-order valence-corrected chi connectivity index (χ3v) is 5.54. The Hall–Kier alpha value is -3.66. The van der Waals surface area contributed by atoms with Gasteiger partial charge < -0.3 is 10.6 Å². The van der Waals surface area contributed by atoms with Crippen molar-refractivity contribution in [3.05, 3.63) is 101 Å². The topological polar surface area (TPSA) is 54.0 Å². The molecule has 1 aromatic heterocycles. The molecule has 1 amide bonds. The van der Waals surface area contributed by atoms with Gasteiger partial charge in [0.2, 0.25) is 0 Å². The Morgan fingerprint density at radius 3 is 2.34 bits per heavy atom. The van der Waals surface area contributed by atoms with Crippen molar-refractivity contribution < 1.29 is 4.79 Å². The second kappa shape index (κ2) is 9.65. The van der Waals surface area contributed by atoms with Crippen molar-refractivity contribution in [2.75, 3.05) is 5.32 Å². The van der Waals surface area contributed by atoms with Crippen LogP contribution in [-0.4, -0.2) is 16.9 Å². The summed E-state index contributed by atoms with van der Waals surface area (Å²) in [6.07, 6.45) is 1.81. The van der Waals surface area contributed by atoms with Gasteiger partial charge in [-0.15, -0.1) is 0 Å². The summed E-state index contributed by atoms with van der Waals surface area (Å²) in [6, 6.07) is 26.3. The van der Waals surface area contributed by atoms with E-state index in [1.807, 2.05) is 48.5 Å². The molecule has 0 fully saturated rings. The number of para-hydroxylation sites is 1. The van der Waals surface area contributed by atoms with E-state index in [0.717, 1.165) is 29.4 Å². The third-order valence-electron chi connectivity index (χ3n) is 5.54. The van der Waals surface area contributed by atoms with Crippen LogP contribution < -0.4 is 10.6 Å². The molecular formula is C28H29N3O. The summed E-state index contributed by atoms with van der Waals surface area (Å²) in [4.78, 5) is 18.0. The van der Waals surface area contributed by atoms with Crippen LogP contribution in [0.5, 0.6) is 0 Å². The molecule has 0 aliphatic carbocycles. The largest absolute Gasteiger partial charge is 0.350 e. The minimum atomic E-state index is -0.0763. The molecule has 1 heterocycles. The molecule has 0 spiro atoms. The highest BCUT2D eigenvalue weighted by molar-refractivity contribution is 6.07. The number of hydrogen-bond donors (Lipinski definition) is 2. The number of carbonyl (C=O) groups is 1. The molecule has 4 aromatic rings. The van der Waals surface area contributed by atoms with E-state index in [9.17, 15) is 4.79 Å². The second-order valence-electron chi connectivity index (χ2n) is 8.47. The van der Waals surface area contributed by atoms with Gasteiger partial charge in [0.25, 0.3) is 5.91 Å². The van der Waals surface area contributed by atoms with Gasteiger partial charge in [-0.2, -0.15) is 0 Å². The van der Waals surface area contributed by atoms with Crippen molar-refractivity contribution in [1.29, 1.82) is 0 Å². The quantitative estimate of drug-likeness (QED) is 0.364. The normalized spacial score (nSPS) is 11.8. The lowest BCUT2D eigenvalue weighted by molar-refractivity contribution is 0.0940. The molecule has 1 unspecified atom stereocenters. The highest BCUT2D eigenvalue weighted by Crippen LogP contribution is 2.24. The first kappa shape index (κ1) is 21.6. The van der Waals surface area contributed by atoms with Gasteiger partial charge in [0.15, 0.2) is 0 Å². The number of amides is 1. The van der Waals surface area contributed by atoms with Gasteiger partial charge in [-0.1, -0.05) is 54.6 Å². The van der Waals surface area contributed by atoms with Crippen molar-refractivity contribution in [2.45, 2.75) is 39.7 Å². The van der Waals surface area contributed by atoms with Gasteiger partial charge in [0, 0.05) is 17.1 Å². The van der Waals surface area contributed by atoms with Gasteiger partial charge in [-0.05, 0) is 74.6 Å². The highest BCUT2D eigenvalue weighted by Gasteiger charge is 2.15. The number of aromatic nitrogens is 1. The number of fused-ring (bicyclic) bond motifs is 1. The maximum Gasteiger partial charge on any atom is 0.252 e. The van der Waals surface area contributed by atoms with Crippen LogP contribution in [0.3, 0.4) is 0 Å². The van der Waals surface area contributed by atoms with Crippen LogP contribution >= 0.6 is 0 Å². The molecule has 4 rings (SSSR count). The SMILES string of the molecule is Cc1cc(C)cc(Nc2cc(C(=O)NC(C)CCc3ccccc3)c3ccccc3n2)c1. The van der Waals surface area contributed by atoms with E-state index < -0.39 is 0 Å². The Balaban J connectivity index is 1.55. The Kier molecular flexibility index (Phi) is 6.50. The maximum absolute atomic E-state index is 13.2. The molecule has 0 saturated carbocycles. The van der Waals surface area contributed by atoms with Crippen molar-refractivity contribution >= 4 is 28.3 Å². The Labute approximate surface area is 189 Å². The molecule has 0 bridgehead atoms. The Morgan fingerprint density at radius 2 is 1.59 bits per heavy atom. The molecule has 0 aliphatic rings. The summed E-state index contributed by atoms with van der Waals surface area (Å²) in [5.41, 5.74) is 6.03. The summed E-state index contributed by atoms with van der Waals surface area (Å²) >= 11 is 0. The van der Waals surface area contributed by atoms with Crippen LogP contribution in [0.25, 0.3) is 10.9 Å². The van der Waals surface area contributed by atoms with Crippen molar-refractivity contribution in [1.82, 2.24) is 10.3 Å². The zero-order valence-electron chi connectivity index (χ0n) is 18.9. The Morgan fingerprint density at radius 1 is 0.906 bits per heavy atom. The fraction of sp³-hybridized carbons (Fsp3) is 0.214. The lowest BCUT2D eigenvalue weighted by Crippen LogP contribution is -2.33. The van der Waals surface area contributed by atoms with E-state index in [-0.39, 0.29) is 11.9 Å². The number of rotatable bonds is 7.